The molecular weight excluding hydrogens is 240 g/mol. The molecular formula is C11H14N2O3S. The fourth-order valence-corrected chi connectivity index (χ4v) is 1.51. The first kappa shape index (κ1) is 13.4. The maximum Gasteiger partial charge on any atom is 0.325 e. The zero-order valence-electron chi connectivity index (χ0n) is 9.56. The van der Waals surface area contributed by atoms with Gasteiger partial charge in [-0.25, -0.2) is 4.79 Å². The van der Waals surface area contributed by atoms with Crippen molar-refractivity contribution in [1.82, 2.24) is 5.32 Å². The van der Waals surface area contributed by atoms with E-state index in [0.29, 0.717) is 5.69 Å². The van der Waals surface area contributed by atoms with Gasteiger partial charge in [-0.1, -0.05) is 0 Å². The van der Waals surface area contributed by atoms with Crippen molar-refractivity contribution >= 4 is 29.4 Å². The van der Waals surface area contributed by atoms with Crippen LogP contribution in [0, 0.1) is 0 Å². The highest BCUT2D eigenvalue weighted by Crippen LogP contribution is 2.17. The monoisotopic (exact) mass is 254 g/mol. The zero-order valence-corrected chi connectivity index (χ0v) is 10.4. The molecule has 0 spiro atoms. The molecule has 2 amide bonds. The number of aliphatic carboxylic acids is 1. The molecule has 0 heterocycles. The number of thioether (sulfide) groups is 1. The largest absolute Gasteiger partial charge is 0.480 e. The lowest BCUT2D eigenvalue weighted by atomic mass is 10.3. The van der Waals surface area contributed by atoms with Crippen LogP contribution in [-0.4, -0.2) is 29.4 Å². The third kappa shape index (κ3) is 4.36. The van der Waals surface area contributed by atoms with Gasteiger partial charge in [-0.2, -0.15) is 0 Å². The SMILES string of the molecule is CSc1ccc(NC(=O)N[C@@H](C)C(=O)O)cc1. The Balaban J connectivity index is 2.53. The Labute approximate surface area is 104 Å². The summed E-state index contributed by atoms with van der Waals surface area (Å²) in [6.07, 6.45) is 1.96. The third-order valence-electron chi connectivity index (χ3n) is 2.07. The van der Waals surface area contributed by atoms with Crippen LogP contribution in [0.1, 0.15) is 6.92 Å². The van der Waals surface area contributed by atoms with Crippen molar-refractivity contribution < 1.29 is 14.7 Å². The first-order chi connectivity index (χ1) is 8.02. The average Bonchev–Trinajstić information content (AvgIpc) is 2.29. The van der Waals surface area contributed by atoms with Gasteiger partial charge in [0, 0.05) is 10.6 Å². The molecule has 0 aliphatic rings. The van der Waals surface area contributed by atoms with Gasteiger partial charge in [-0.05, 0) is 37.4 Å². The number of hydrogen-bond acceptors (Lipinski definition) is 3. The van der Waals surface area contributed by atoms with Crippen LogP contribution >= 0.6 is 11.8 Å². The smallest absolute Gasteiger partial charge is 0.325 e. The van der Waals surface area contributed by atoms with E-state index in [0.717, 1.165) is 4.90 Å². The normalized spacial score (nSPS) is 11.6. The summed E-state index contributed by atoms with van der Waals surface area (Å²) in [7, 11) is 0. The molecule has 0 saturated heterocycles. The van der Waals surface area contributed by atoms with Crippen LogP contribution in [0.4, 0.5) is 10.5 Å². The lowest BCUT2D eigenvalue weighted by Crippen LogP contribution is -2.40. The molecule has 1 atom stereocenters. The quantitative estimate of drug-likeness (QED) is 0.718. The number of rotatable bonds is 4. The summed E-state index contributed by atoms with van der Waals surface area (Å²) >= 11 is 1.60. The van der Waals surface area contributed by atoms with E-state index in [4.69, 9.17) is 5.11 Å². The molecule has 0 aliphatic heterocycles. The molecule has 0 bridgehead atoms. The molecule has 17 heavy (non-hydrogen) atoms. The van der Waals surface area contributed by atoms with E-state index in [-0.39, 0.29) is 0 Å². The maximum atomic E-state index is 11.4. The number of carbonyl (C=O) groups excluding carboxylic acids is 1. The average molecular weight is 254 g/mol. The van der Waals surface area contributed by atoms with Crippen LogP contribution in [-0.2, 0) is 4.79 Å². The molecule has 1 aromatic rings. The summed E-state index contributed by atoms with van der Waals surface area (Å²) in [6, 6.07) is 5.83. The molecule has 0 radical (unpaired) electrons. The van der Waals surface area contributed by atoms with Gasteiger partial charge in [0.15, 0.2) is 0 Å². The van der Waals surface area contributed by atoms with Gasteiger partial charge < -0.3 is 15.7 Å². The summed E-state index contributed by atoms with van der Waals surface area (Å²) in [5.74, 6) is -1.07. The lowest BCUT2D eigenvalue weighted by Gasteiger charge is -2.10. The van der Waals surface area contributed by atoms with Crippen molar-refractivity contribution in [1.29, 1.82) is 0 Å². The van der Waals surface area contributed by atoms with Gasteiger partial charge in [0.05, 0.1) is 0 Å². The van der Waals surface area contributed by atoms with Crippen molar-refractivity contribution in [3.8, 4) is 0 Å². The standard InChI is InChI=1S/C11H14N2O3S/c1-7(10(14)15)12-11(16)13-8-3-5-9(17-2)6-4-8/h3-7H,1-2H3,(H,14,15)(H2,12,13,16)/t7-/m0/s1. The molecule has 0 aliphatic carbocycles. The number of carboxylic acids is 1. The van der Waals surface area contributed by atoms with Crippen LogP contribution in [0.5, 0.6) is 0 Å². The van der Waals surface area contributed by atoms with Crippen molar-refractivity contribution in [2.24, 2.45) is 0 Å². The molecule has 0 saturated carbocycles. The summed E-state index contributed by atoms with van der Waals surface area (Å²) < 4.78 is 0. The molecule has 1 aromatic carbocycles. The number of anilines is 1. The molecule has 1 rings (SSSR count). The summed E-state index contributed by atoms with van der Waals surface area (Å²) in [5, 5.41) is 13.5. The first-order valence-electron chi connectivity index (χ1n) is 4.97. The number of carbonyl (C=O) groups is 2. The number of hydrogen-bond donors (Lipinski definition) is 3. The molecule has 0 aromatic heterocycles. The van der Waals surface area contributed by atoms with E-state index in [2.05, 4.69) is 10.6 Å². The van der Waals surface area contributed by atoms with Crippen molar-refractivity contribution in [2.75, 3.05) is 11.6 Å². The van der Waals surface area contributed by atoms with Gasteiger partial charge >= 0.3 is 12.0 Å². The van der Waals surface area contributed by atoms with E-state index >= 15 is 0 Å². The molecule has 6 heteroatoms. The van der Waals surface area contributed by atoms with E-state index in [1.54, 1.807) is 23.9 Å². The zero-order chi connectivity index (χ0) is 12.8. The Kier molecular flexibility index (Phi) is 4.84. The fourth-order valence-electron chi connectivity index (χ4n) is 1.10. The van der Waals surface area contributed by atoms with E-state index in [1.165, 1.54) is 6.92 Å². The second kappa shape index (κ2) is 6.15. The minimum Gasteiger partial charge on any atom is -0.480 e. The Hall–Kier alpha value is -1.69. The van der Waals surface area contributed by atoms with Gasteiger partial charge in [0.2, 0.25) is 0 Å². The van der Waals surface area contributed by atoms with Gasteiger partial charge in [0.1, 0.15) is 6.04 Å². The van der Waals surface area contributed by atoms with Crippen LogP contribution in [0.15, 0.2) is 29.2 Å². The highest BCUT2D eigenvalue weighted by molar-refractivity contribution is 7.98. The van der Waals surface area contributed by atoms with Gasteiger partial charge in [-0.15, -0.1) is 11.8 Å². The van der Waals surface area contributed by atoms with Crippen LogP contribution < -0.4 is 10.6 Å². The third-order valence-corrected chi connectivity index (χ3v) is 2.81. The Morgan fingerprint density at radius 3 is 2.35 bits per heavy atom. The van der Waals surface area contributed by atoms with Crippen LogP contribution in [0.3, 0.4) is 0 Å². The highest BCUT2D eigenvalue weighted by Gasteiger charge is 2.13. The molecule has 5 nitrogen and oxygen atoms in total. The molecule has 3 N–H and O–H groups in total. The van der Waals surface area contributed by atoms with Gasteiger partial charge in [-0.3, -0.25) is 4.79 Å². The molecule has 0 fully saturated rings. The Morgan fingerprint density at radius 1 is 1.29 bits per heavy atom. The number of benzene rings is 1. The fraction of sp³-hybridized carbons (Fsp3) is 0.273. The highest BCUT2D eigenvalue weighted by atomic mass is 32.2. The number of urea groups is 1. The minimum absolute atomic E-state index is 0.531. The number of nitrogens with one attached hydrogen (secondary N) is 2. The minimum atomic E-state index is -1.07. The Bertz CT molecular complexity index is 406. The first-order valence-corrected chi connectivity index (χ1v) is 6.20. The van der Waals surface area contributed by atoms with E-state index in [9.17, 15) is 9.59 Å². The maximum absolute atomic E-state index is 11.4. The van der Waals surface area contributed by atoms with Crippen LogP contribution in [0.25, 0.3) is 0 Å². The predicted octanol–water partition coefficient (Wildman–Crippen LogP) is 2.00. The van der Waals surface area contributed by atoms with Gasteiger partial charge in [0.25, 0.3) is 0 Å². The van der Waals surface area contributed by atoms with Crippen LogP contribution in [0.2, 0.25) is 0 Å². The summed E-state index contributed by atoms with van der Waals surface area (Å²) in [6.45, 7) is 1.40. The van der Waals surface area contributed by atoms with Crippen molar-refractivity contribution in [3.05, 3.63) is 24.3 Å². The molecule has 92 valence electrons. The van der Waals surface area contributed by atoms with Crippen molar-refractivity contribution in [3.63, 3.8) is 0 Å². The summed E-state index contributed by atoms with van der Waals surface area (Å²) in [5.41, 5.74) is 0.623. The number of carboxylic acid groups (broad SMARTS) is 1. The van der Waals surface area contributed by atoms with E-state index in [1.807, 2.05) is 18.4 Å². The summed E-state index contributed by atoms with van der Waals surface area (Å²) in [4.78, 5) is 23.0. The number of amides is 2. The van der Waals surface area contributed by atoms with Crippen molar-refractivity contribution in [2.45, 2.75) is 17.9 Å². The lowest BCUT2D eigenvalue weighted by molar-refractivity contribution is -0.138. The molecule has 0 unspecified atom stereocenters. The Morgan fingerprint density at radius 2 is 1.88 bits per heavy atom. The predicted molar refractivity (Wildman–Crippen MR) is 67.5 cm³/mol. The van der Waals surface area contributed by atoms with E-state index < -0.39 is 18.0 Å². The topological polar surface area (TPSA) is 78.4 Å². The second-order valence-corrected chi connectivity index (χ2v) is 4.27. The second-order valence-electron chi connectivity index (χ2n) is 3.39.